The van der Waals surface area contributed by atoms with E-state index in [1.807, 2.05) is 0 Å². The van der Waals surface area contributed by atoms with Crippen LogP contribution in [0, 0.1) is 12.8 Å². The third kappa shape index (κ3) is 8.81. The van der Waals surface area contributed by atoms with Gasteiger partial charge in [0, 0.05) is 0 Å². The van der Waals surface area contributed by atoms with E-state index < -0.39 is 0 Å². The van der Waals surface area contributed by atoms with Gasteiger partial charge in [-0.15, -0.1) is 0 Å². The van der Waals surface area contributed by atoms with Crippen LogP contribution in [0.3, 0.4) is 0 Å². The fourth-order valence-corrected chi connectivity index (χ4v) is 1.80. The standard InChI is InChI=1S/2C6H11.Ni/c2*1-2-4-6-5-3-1;/h2*1H,2-6H2;/q2*-1;+2. The third-order valence-electron chi connectivity index (χ3n) is 2.63. The SMILES string of the molecule is [CH-]1CCCCC1.[CH-]1CCCCC1.[Ni+2]. The fraction of sp³-hybridized carbons (Fsp3) is 0.833. The average Bonchev–Trinajstić information content (AvgIpc) is 2.24. The van der Waals surface area contributed by atoms with E-state index in [9.17, 15) is 0 Å². The molecule has 80 valence electrons. The Morgan fingerprint density at radius 3 is 0.846 bits per heavy atom. The summed E-state index contributed by atoms with van der Waals surface area (Å²) in [5, 5.41) is 0. The van der Waals surface area contributed by atoms with Crippen LogP contribution in [0.1, 0.15) is 64.2 Å². The summed E-state index contributed by atoms with van der Waals surface area (Å²) in [6, 6.07) is 0. The van der Waals surface area contributed by atoms with Gasteiger partial charge in [0.25, 0.3) is 0 Å². The van der Waals surface area contributed by atoms with Crippen molar-refractivity contribution >= 4 is 0 Å². The second-order valence-corrected chi connectivity index (χ2v) is 3.85. The van der Waals surface area contributed by atoms with Gasteiger partial charge in [-0.25, -0.2) is 0 Å². The van der Waals surface area contributed by atoms with Crippen LogP contribution in [0.25, 0.3) is 0 Å². The van der Waals surface area contributed by atoms with E-state index in [1.54, 1.807) is 0 Å². The fourth-order valence-electron chi connectivity index (χ4n) is 1.80. The van der Waals surface area contributed by atoms with Gasteiger partial charge in [0.1, 0.15) is 0 Å². The summed E-state index contributed by atoms with van der Waals surface area (Å²) in [7, 11) is 0. The van der Waals surface area contributed by atoms with Crippen LogP contribution in [0.15, 0.2) is 0 Å². The molecule has 2 fully saturated rings. The van der Waals surface area contributed by atoms with E-state index in [4.69, 9.17) is 0 Å². The van der Waals surface area contributed by atoms with Crippen molar-refractivity contribution in [3.05, 3.63) is 12.8 Å². The molecule has 2 aliphatic rings. The maximum absolute atomic E-state index is 2.39. The summed E-state index contributed by atoms with van der Waals surface area (Å²) in [5.74, 6) is 0. The smallest absolute Gasteiger partial charge is 0.328 e. The average molecular weight is 225 g/mol. The van der Waals surface area contributed by atoms with Crippen molar-refractivity contribution in [2.24, 2.45) is 0 Å². The van der Waals surface area contributed by atoms with Crippen LogP contribution in [-0.4, -0.2) is 0 Å². The molecule has 0 aliphatic heterocycles. The molecular weight excluding hydrogens is 203 g/mol. The van der Waals surface area contributed by atoms with E-state index in [0.29, 0.717) is 0 Å². The molecule has 2 rings (SSSR count). The predicted molar refractivity (Wildman–Crippen MR) is 54.8 cm³/mol. The molecule has 0 nitrogen and oxygen atoms in total. The van der Waals surface area contributed by atoms with Crippen LogP contribution in [0.2, 0.25) is 0 Å². The zero-order valence-corrected chi connectivity index (χ0v) is 9.53. The summed E-state index contributed by atoms with van der Waals surface area (Å²) in [6.45, 7) is 0. The van der Waals surface area contributed by atoms with Gasteiger partial charge in [0.15, 0.2) is 0 Å². The Bertz CT molecular complexity index is 48.1. The largest absolute Gasteiger partial charge is 2.00 e. The minimum atomic E-state index is 0. The van der Waals surface area contributed by atoms with Gasteiger partial charge in [-0.2, -0.15) is 25.7 Å². The molecule has 0 aromatic heterocycles. The third-order valence-corrected chi connectivity index (χ3v) is 2.63. The van der Waals surface area contributed by atoms with Crippen molar-refractivity contribution in [2.45, 2.75) is 64.2 Å². The zero-order chi connectivity index (χ0) is 8.49. The molecule has 2 aliphatic carbocycles. The van der Waals surface area contributed by atoms with E-state index in [1.165, 1.54) is 64.2 Å². The van der Waals surface area contributed by atoms with Crippen LogP contribution < -0.4 is 0 Å². The molecule has 0 bridgehead atoms. The van der Waals surface area contributed by atoms with Crippen molar-refractivity contribution in [1.82, 2.24) is 0 Å². The van der Waals surface area contributed by atoms with E-state index >= 15 is 0 Å². The van der Waals surface area contributed by atoms with Gasteiger partial charge in [0.2, 0.25) is 0 Å². The predicted octanol–water partition coefficient (Wildman–Crippen LogP) is 4.31. The van der Waals surface area contributed by atoms with Crippen molar-refractivity contribution in [3.63, 3.8) is 0 Å². The molecule has 13 heavy (non-hydrogen) atoms. The minimum absolute atomic E-state index is 0. The number of rotatable bonds is 0. The van der Waals surface area contributed by atoms with Crippen molar-refractivity contribution in [2.75, 3.05) is 0 Å². The number of hydrogen-bond acceptors (Lipinski definition) is 0. The van der Waals surface area contributed by atoms with E-state index in [2.05, 4.69) is 12.8 Å². The van der Waals surface area contributed by atoms with Gasteiger partial charge < -0.3 is 12.8 Å². The number of hydrogen-bond donors (Lipinski definition) is 0. The Balaban J connectivity index is 0.000000206. The molecule has 0 N–H and O–H groups in total. The van der Waals surface area contributed by atoms with Gasteiger partial charge >= 0.3 is 16.5 Å². The zero-order valence-electron chi connectivity index (χ0n) is 8.54. The second-order valence-electron chi connectivity index (χ2n) is 3.85. The maximum Gasteiger partial charge on any atom is 2.00 e. The molecule has 0 unspecified atom stereocenters. The Hall–Kier alpha value is 0.494. The summed E-state index contributed by atoms with van der Waals surface area (Å²) >= 11 is 0. The molecule has 0 aromatic carbocycles. The molecular formula is C12H22Ni. The van der Waals surface area contributed by atoms with Crippen LogP contribution >= 0.6 is 0 Å². The molecule has 0 spiro atoms. The maximum atomic E-state index is 2.39. The molecule has 0 radical (unpaired) electrons. The molecule has 0 heterocycles. The van der Waals surface area contributed by atoms with Crippen molar-refractivity contribution in [1.29, 1.82) is 0 Å². The summed E-state index contributed by atoms with van der Waals surface area (Å²) < 4.78 is 0. The summed E-state index contributed by atoms with van der Waals surface area (Å²) in [4.78, 5) is 0. The molecule has 2 saturated carbocycles. The van der Waals surface area contributed by atoms with E-state index in [0.717, 1.165) is 0 Å². The Morgan fingerprint density at radius 1 is 0.462 bits per heavy atom. The monoisotopic (exact) mass is 224 g/mol. The summed E-state index contributed by atoms with van der Waals surface area (Å²) in [5.41, 5.74) is 0. The molecule has 0 atom stereocenters. The van der Waals surface area contributed by atoms with Gasteiger partial charge in [-0.3, -0.25) is 0 Å². The quantitative estimate of drug-likeness (QED) is 0.425. The Labute approximate surface area is 93.8 Å². The first kappa shape index (κ1) is 13.5. The van der Waals surface area contributed by atoms with Gasteiger partial charge in [0.05, 0.1) is 0 Å². The molecule has 1 heteroatoms. The van der Waals surface area contributed by atoms with Crippen molar-refractivity contribution in [3.8, 4) is 0 Å². The normalized spacial score (nSPS) is 22.2. The van der Waals surface area contributed by atoms with Gasteiger partial charge in [-0.1, -0.05) is 38.5 Å². The minimum Gasteiger partial charge on any atom is -0.328 e. The van der Waals surface area contributed by atoms with Crippen LogP contribution in [-0.2, 0) is 16.5 Å². The first-order chi connectivity index (χ1) is 6.00. The molecule has 0 saturated heterocycles. The Morgan fingerprint density at radius 2 is 0.769 bits per heavy atom. The first-order valence-electron chi connectivity index (χ1n) is 5.63. The second kappa shape index (κ2) is 10.6. The van der Waals surface area contributed by atoms with Crippen molar-refractivity contribution < 1.29 is 16.5 Å². The topological polar surface area (TPSA) is 0 Å². The molecule has 0 aromatic rings. The van der Waals surface area contributed by atoms with Gasteiger partial charge in [-0.05, 0) is 0 Å². The van der Waals surface area contributed by atoms with Crippen LogP contribution in [0.4, 0.5) is 0 Å². The van der Waals surface area contributed by atoms with Crippen LogP contribution in [0.5, 0.6) is 0 Å². The summed E-state index contributed by atoms with van der Waals surface area (Å²) in [6.07, 6.45) is 19.0. The molecule has 0 amide bonds. The Kier molecular flexibility index (Phi) is 11.0. The van der Waals surface area contributed by atoms with E-state index in [-0.39, 0.29) is 16.5 Å². The first-order valence-corrected chi connectivity index (χ1v) is 5.63.